The molecule has 0 aliphatic carbocycles. The maximum absolute atomic E-state index is 13.2. The lowest BCUT2D eigenvalue weighted by atomic mass is 9.91. The predicted molar refractivity (Wildman–Crippen MR) is 149 cm³/mol. The monoisotopic (exact) mass is 560 g/mol. The molecular formula is C31H44O9. The smallest absolute Gasteiger partial charge is 0.342 e. The lowest BCUT2D eigenvalue weighted by Gasteiger charge is -2.20. The summed E-state index contributed by atoms with van der Waals surface area (Å²) in [6.45, 7) is 12.0. The molecule has 1 heterocycles. The van der Waals surface area contributed by atoms with Crippen molar-refractivity contribution in [3.8, 4) is 11.5 Å². The molecule has 0 saturated carbocycles. The van der Waals surface area contributed by atoms with Crippen molar-refractivity contribution >= 4 is 23.9 Å². The minimum Gasteiger partial charge on any atom is -0.496 e. The Labute approximate surface area is 237 Å². The molecule has 0 radical (unpaired) electrons. The molecule has 1 unspecified atom stereocenters. The van der Waals surface area contributed by atoms with Gasteiger partial charge in [0.15, 0.2) is 5.75 Å². The SMILES string of the molecule is COC(=O)CC/C(C)=C/Cc1c(OC)c(C)c2c(c1OC(=O)C(C)CCCOC(=O)CCC(C)(C)C)C(=O)OC2. The Bertz CT molecular complexity index is 1120. The van der Waals surface area contributed by atoms with Gasteiger partial charge in [0.1, 0.15) is 17.9 Å². The summed E-state index contributed by atoms with van der Waals surface area (Å²) >= 11 is 0. The van der Waals surface area contributed by atoms with E-state index in [1.807, 2.05) is 19.9 Å². The normalized spacial score (nSPS) is 13.8. The molecule has 2 rings (SSSR count). The van der Waals surface area contributed by atoms with Crippen molar-refractivity contribution < 1.29 is 42.9 Å². The fourth-order valence-corrected chi connectivity index (χ4v) is 4.35. The molecule has 1 aromatic rings. The Kier molecular flexibility index (Phi) is 12.2. The van der Waals surface area contributed by atoms with Crippen molar-refractivity contribution in [2.75, 3.05) is 20.8 Å². The Morgan fingerprint density at radius 2 is 1.75 bits per heavy atom. The van der Waals surface area contributed by atoms with Gasteiger partial charge in [0, 0.05) is 24.0 Å². The van der Waals surface area contributed by atoms with E-state index in [4.69, 9.17) is 23.7 Å². The summed E-state index contributed by atoms with van der Waals surface area (Å²) in [5.41, 5.74) is 3.18. The van der Waals surface area contributed by atoms with E-state index in [1.54, 1.807) is 6.92 Å². The van der Waals surface area contributed by atoms with Crippen molar-refractivity contribution in [2.24, 2.45) is 11.3 Å². The minimum absolute atomic E-state index is 0.0545. The molecule has 1 aliphatic heterocycles. The van der Waals surface area contributed by atoms with Crippen LogP contribution in [0.5, 0.6) is 11.5 Å². The van der Waals surface area contributed by atoms with Crippen molar-refractivity contribution in [3.05, 3.63) is 33.9 Å². The summed E-state index contributed by atoms with van der Waals surface area (Å²) in [7, 11) is 2.88. The lowest BCUT2D eigenvalue weighted by molar-refractivity contribution is -0.144. The number of esters is 4. The van der Waals surface area contributed by atoms with Crippen LogP contribution in [0.3, 0.4) is 0 Å². The first-order valence-corrected chi connectivity index (χ1v) is 13.8. The molecule has 222 valence electrons. The zero-order valence-corrected chi connectivity index (χ0v) is 25.2. The molecule has 0 N–H and O–H groups in total. The molecule has 9 nitrogen and oxygen atoms in total. The second-order valence-corrected chi connectivity index (χ2v) is 11.5. The molecular weight excluding hydrogens is 516 g/mol. The van der Waals surface area contributed by atoms with Gasteiger partial charge in [0.25, 0.3) is 0 Å². The van der Waals surface area contributed by atoms with E-state index in [2.05, 4.69) is 20.8 Å². The van der Waals surface area contributed by atoms with Crippen molar-refractivity contribution in [2.45, 2.75) is 93.1 Å². The Morgan fingerprint density at radius 1 is 1.05 bits per heavy atom. The van der Waals surface area contributed by atoms with Crippen LogP contribution in [0.25, 0.3) is 0 Å². The third kappa shape index (κ3) is 9.38. The number of methoxy groups -OCH3 is 2. The molecule has 40 heavy (non-hydrogen) atoms. The summed E-state index contributed by atoms with van der Waals surface area (Å²) < 4.78 is 26.9. The maximum atomic E-state index is 13.2. The molecule has 0 fully saturated rings. The average Bonchev–Trinajstić information content (AvgIpc) is 3.29. The van der Waals surface area contributed by atoms with Gasteiger partial charge in [-0.2, -0.15) is 0 Å². The number of hydrogen-bond donors (Lipinski definition) is 0. The van der Waals surface area contributed by atoms with Gasteiger partial charge >= 0.3 is 23.9 Å². The fraction of sp³-hybridized carbons (Fsp3) is 0.613. The highest BCUT2D eigenvalue weighted by molar-refractivity contribution is 5.99. The number of allylic oxidation sites excluding steroid dienone is 2. The van der Waals surface area contributed by atoms with E-state index in [0.717, 1.165) is 17.6 Å². The topological polar surface area (TPSA) is 114 Å². The third-order valence-corrected chi connectivity index (χ3v) is 6.96. The van der Waals surface area contributed by atoms with Crippen molar-refractivity contribution in [1.29, 1.82) is 0 Å². The van der Waals surface area contributed by atoms with Crippen molar-refractivity contribution in [3.63, 3.8) is 0 Å². The van der Waals surface area contributed by atoms with Gasteiger partial charge in [-0.05, 0) is 56.9 Å². The van der Waals surface area contributed by atoms with Crippen LogP contribution < -0.4 is 9.47 Å². The van der Waals surface area contributed by atoms with E-state index in [0.29, 0.717) is 49.0 Å². The molecule has 1 atom stereocenters. The van der Waals surface area contributed by atoms with Crippen LogP contribution in [0, 0.1) is 18.3 Å². The first-order valence-electron chi connectivity index (χ1n) is 13.8. The number of carbonyl (C=O) groups excluding carboxylic acids is 4. The lowest BCUT2D eigenvalue weighted by Crippen LogP contribution is -2.21. The zero-order valence-electron chi connectivity index (χ0n) is 25.2. The number of fused-ring (bicyclic) bond motifs is 1. The molecule has 9 heteroatoms. The number of benzene rings is 1. The maximum Gasteiger partial charge on any atom is 0.342 e. The molecule has 0 bridgehead atoms. The Hall–Kier alpha value is -3.36. The van der Waals surface area contributed by atoms with Gasteiger partial charge in [0.05, 0.1) is 26.7 Å². The molecule has 0 aromatic heterocycles. The fourth-order valence-electron chi connectivity index (χ4n) is 4.35. The number of carbonyl (C=O) groups is 4. The first kappa shape index (κ1) is 32.8. The number of rotatable bonds is 14. The van der Waals surface area contributed by atoms with Crippen LogP contribution in [0.4, 0.5) is 0 Å². The minimum atomic E-state index is -0.550. The third-order valence-electron chi connectivity index (χ3n) is 6.96. The Morgan fingerprint density at radius 3 is 2.38 bits per heavy atom. The van der Waals surface area contributed by atoms with E-state index in [-0.39, 0.29) is 48.3 Å². The summed E-state index contributed by atoms with van der Waals surface area (Å²) in [6.07, 6.45) is 5.04. The number of cyclic esters (lactones) is 1. The first-order chi connectivity index (χ1) is 18.8. The van der Waals surface area contributed by atoms with Gasteiger partial charge in [0.2, 0.25) is 0 Å². The van der Waals surface area contributed by atoms with Gasteiger partial charge in [-0.15, -0.1) is 0 Å². The van der Waals surface area contributed by atoms with Gasteiger partial charge < -0.3 is 23.7 Å². The molecule has 0 spiro atoms. The van der Waals surface area contributed by atoms with E-state index in [9.17, 15) is 19.2 Å². The standard InChI is InChI=1S/C31H44O9/c1-19(12-14-24(32)36-7)11-13-22-27(37-8)21(3)23-18-39-30(35)26(23)28(22)40-29(34)20(2)10-9-17-38-25(33)15-16-31(4,5)6/h11,20H,9-10,12-18H2,1-8H3/b19-11+. The second-order valence-electron chi connectivity index (χ2n) is 11.5. The van der Waals surface area contributed by atoms with Crippen LogP contribution in [0.15, 0.2) is 11.6 Å². The summed E-state index contributed by atoms with van der Waals surface area (Å²) in [6, 6.07) is 0. The van der Waals surface area contributed by atoms with Crippen LogP contribution in [-0.2, 0) is 41.6 Å². The second kappa shape index (κ2) is 14.9. The van der Waals surface area contributed by atoms with E-state index in [1.165, 1.54) is 14.2 Å². The van der Waals surface area contributed by atoms with Crippen LogP contribution in [-0.4, -0.2) is 44.7 Å². The predicted octanol–water partition coefficient (Wildman–Crippen LogP) is 5.81. The molecule has 1 aromatic carbocycles. The highest BCUT2D eigenvalue weighted by atomic mass is 16.6. The zero-order chi connectivity index (χ0) is 30.0. The van der Waals surface area contributed by atoms with E-state index < -0.39 is 17.9 Å². The highest BCUT2D eigenvalue weighted by Gasteiger charge is 2.34. The number of hydrogen-bond acceptors (Lipinski definition) is 9. The summed E-state index contributed by atoms with van der Waals surface area (Å²) in [5, 5.41) is 0. The van der Waals surface area contributed by atoms with Gasteiger partial charge in [-0.1, -0.05) is 39.3 Å². The van der Waals surface area contributed by atoms with Crippen LogP contribution in [0.1, 0.15) is 100 Å². The average molecular weight is 561 g/mol. The quantitative estimate of drug-likeness (QED) is 0.0914. The van der Waals surface area contributed by atoms with Crippen molar-refractivity contribution in [1.82, 2.24) is 0 Å². The van der Waals surface area contributed by atoms with E-state index >= 15 is 0 Å². The van der Waals surface area contributed by atoms with Gasteiger partial charge in [-0.25, -0.2) is 4.79 Å². The summed E-state index contributed by atoms with van der Waals surface area (Å²) in [5.74, 6) is -1.44. The van der Waals surface area contributed by atoms with Crippen LogP contribution in [0.2, 0.25) is 0 Å². The highest BCUT2D eigenvalue weighted by Crippen LogP contribution is 2.43. The molecule has 0 saturated heterocycles. The van der Waals surface area contributed by atoms with Gasteiger partial charge in [-0.3, -0.25) is 14.4 Å². The Balaban J connectivity index is 2.17. The number of ether oxygens (including phenoxy) is 5. The molecule has 1 aliphatic rings. The summed E-state index contributed by atoms with van der Waals surface area (Å²) in [4.78, 5) is 49.4. The molecule has 0 amide bonds. The van der Waals surface area contributed by atoms with Crippen LogP contribution >= 0.6 is 0 Å². The largest absolute Gasteiger partial charge is 0.496 e.